The molecule has 114 valence electrons. The van der Waals surface area contributed by atoms with Crippen molar-refractivity contribution >= 4 is 64.8 Å². The van der Waals surface area contributed by atoms with Crippen LogP contribution >= 0.6 is 54.1 Å². The maximum Gasteiger partial charge on any atom is 0.206 e. The maximum absolute atomic E-state index is 12.0. The van der Waals surface area contributed by atoms with Gasteiger partial charge in [0.05, 0.1) is 8.96 Å². The van der Waals surface area contributed by atoms with Crippen molar-refractivity contribution in [2.45, 2.75) is 19.6 Å². The molecule has 2 aliphatic rings. The minimum Gasteiger partial charge on any atom is -0.287 e. The van der Waals surface area contributed by atoms with Crippen molar-refractivity contribution in [1.29, 1.82) is 0 Å². The zero-order valence-electron chi connectivity index (χ0n) is 11.8. The molecule has 2 aromatic carbocycles. The van der Waals surface area contributed by atoms with E-state index < -0.39 is 0 Å². The van der Waals surface area contributed by atoms with Crippen LogP contribution in [0.25, 0.3) is 0 Å². The molecule has 0 aromatic heterocycles. The molecule has 0 bridgehead atoms. The largest absolute Gasteiger partial charge is 0.287 e. The summed E-state index contributed by atoms with van der Waals surface area (Å²) in [7, 11) is -0.206. The number of allylic oxidation sites excluding steroid dienone is 4. The van der Waals surface area contributed by atoms with E-state index >= 15 is 0 Å². The Morgan fingerprint density at radius 3 is 1.78 bits per heavy atom. The SMILES string of the molecule is O=C1C(Br)=CC(=S2c3ccccc3Sc3ccccc32)C=C1Br. The number of fused-ring (bicyclic) bond motifs is 2. The van der Waals surface area contributed by atoms with Crippen LogP contribution in [-0.4, -0.2) is 10.6 Å². The second-order valence-corrected chi connectivity index (χ2v) is 9.77. The van der Waals surface area contributed by atoms with Crippen molar-refractivity contribution < 1.29 is 4.79 Å². The van der Waals surface area contributed by atoms with E-state index in [0.717, 1.165) is 4.86 Å². The number of hydrogen-bond acceptors (Lipinski definition) is 2. The molecular weight excluding hydrogens is 456 g/mol. The second-order valence-electron chi connectivity index (χ2n) is 5.02. The third kappa shape index (κ3) is 2.74. The molecule has 1 aliphatic carbocycles. The number of hydrogen-bond donors (Lipinski definition) is 0. The van der Waals surface area contributed by atoms with Crippen molar-refractivity contribution in [2.24, 2.45) is 0 Å². The van der Waals surface area contributed by atoms with Crippen LogP contribution in [0, 0.1) is 0 Å². The molecule has 1 nitrogen and oxygen atoms in total. The van der Waals surface area contributed by atoms with Gasteiger partial charge in [-0.25, -0.2) is 0 Å². The molecule has 23 heavy (non-hydrogen) atoms. The van der Waals surface area contributed by atoms with Crippen LogP contribution in [0.4, 0.5) is 0 Å². The van der Waals surface area contributed by atoms with Gasteiger partial charge in [-0.1, -0.05) is 36.0 Å². The normalized spacial score (nSPS) is 17.3. The molecular formula is C18H10Br2OS2. The molecule has 5 heteroatoms. The maximum atomic E-state index is 12.0. The smallest absolute Gasteiger partial charge is 0.206 e. The summed E-state index contributed by atoms with van der Waals surface area (Å²) in [4.78, 5) is 18.3. The minimum atomic E-state index is -0.206. The number of carbonyl (C=O) groups is 1. The molecule has 0 amide bonds. The average molecular weight is 466 g/mol. The molecule has 0 saturated heterocycles. The van der Waals surface area contributed by atoms with E-state index in [4.69, 9.17) is 0 Å². The number of carbonyl (C=O) groups excluding carboxylic acids is 1. The first kappa shape index (κ1) is 15.6. The average Bonchev–Trinajstić information content (AvgIpc) is 2.57. The van der Waals surface area contributed by atoms with Gasteiger partial charge in [0.2, 0.25) is 5.78 Å². The van der Waals surface area contributed by atoms with Crippen LogP contribution in [0.15, 0.2) is 89.2 Å². The van der Waals surface area contributed by atoms with E-state index in [0.29, 0.717) is 8.96 Å². The van der Waals surface area contributed by atoms with E-state index in [9.17, 15) is 4.79 Å². The van der Waals surface area contributed by atoms with Crippen molar-refractivity contribution in [1.82, 2.24) is 0 Å². The minimum absolute atomic E-state index is 0.00898. The molecule has 2 aromatic rings. The lowest BCUT2D eigenvalue weighted by Crippen LogP contribution is -2.09. The number of halogens is 2. The fourth-order valence-electron chi connectivity index (χ4n) is 2.55. The Kier molecular flexibility index (Phi) is 4.22. The van der Waals surface area contributed by atoms with Crippen molar-refractivity contribution in [2.75, 3.05) is 0 Å². The highest BCUT2D eigenvalue weighted by Crippen LogP contribution is 2.53. The lowest BCUT2D eigenvalue weighted by Gasteiger charge is -2.25. The van der Waals surface area contributed by atoms with Crippen LogP contribution in [0.3, 0.4) is 0 Å². The standard InChI is InChI=1S/C18H10Br2OS2/c19-12-9-11(10-13(20)18(12)21)23-16-7-3-1-5-14(16)22-15-6-2-4-8-17(15)23/h1-10H. The quantitative estimate of drug-likeness (QED) is 0.370. The Labute approximate surface area is 158 Å². The van der Waals surface area contributed by atoms with Gasteiger partial charge in [-0.15, -0.1) is 10.5 Å². The first-order valence-corrected chi connectivity index (χ1v) is 10.5. The molecule has 4 rings (SSSR count). The van der Waals surface area contributed by atoms with Gasteiger partial charge in [-0.05, 0) is 68.3 Å². The number of rotatable bonds is 0. The molecule has 0 unspecified atom stereocenters. The van der Waals surface area contributed by atoms with E-state index in [1.165, 1.54) is 19.6 Å². The summed E-state index contributed by atoms with van der Waals surface area (Å²) in [5.74, 6) is -0.00898. The molecule has 0 spiro atoms. The molecule has 0 saturated carbocycles. The van der Waals surface area contributed by atoms with Gasteiger partial charge in [0.25, 0.3) is 0 Å². The number of benzene rings is 2. The van der Waals surface area contributed by atoms with E-state index in [1.54, 1.807) is 0 Å². The topological polar surface area (TPSA) is 17.1 Å². The van der Waals surface area contributed by atoms with Crippen molar-refractivity contribution in [3.63, 3.8) is 0 Å². The van der Waals surface area contributed by atoms with Gasteiger partial charge in [-0.2, -0.15) is 0 Å². The van der Waals surface area contributed by atoms with Gasteiger partial charge >= 0.3 is 0 Å². The Morgan fingerprint density at radius 1 is 0.783 bits per heavy atom. The van der Waals surface area contributed by atoms with Crippen LogP contribution in [0.1, 0.15) is 0 Å². The van der Waals surface area contributed by atoms with Gasteiger partial charge in [-0.3, -0.25) is 4.79 Å². The summed E-state index contributed by atoms with van der Waals surface area (Å²) in [6, 6.07) is 17.0. The fourth-order valence-corrected chi connectivity index (χ4v) is 7.84. The lowest BCUT2D eigenvalue weighted by atomic mass is 10.2. The zero-order chi connectivity index (χ0) is 16.0. The van der Waals surface area contributed by atoms with Crippen LogP contribution in [0.2, 0.25) is 0 Å². The number of ketones is 1. The summed E-state index contributed by atoms with van der Waals surface area (Å²) < 4.78 is 1.20. The Bertz CT molecular complexity index is 870. The summed E-state index contributed by atoms with van der Waals surface area (Å²) in [6.07, 6.45) is 3.92. The molecule has 1 aliphatic heterocycles. The van der Waals surface area contributed by atoms with Gasteiger partial charge in [0, 0.05) is 24.4 Å². The Balaban J connectivity index is 2.06. The van der Waals surface area contributed by atoms with Crippen LogP contribution < -0.4 is 0 Å². The van der Waals surface area contributed by atoms with Crippen LogP contribution in [0.5, 0.6) is 0 Å². The predicted octanol–water partition coefficient (Wildman–Crippen LogP) is 6.15. The Hall–Kier alpha value is -0.880. The zero-order valence-corrected chi connectivity index (χ0v) is 16.6. The second kappa shape index (κ2) is 6.20. The first-order chi connectivity index (χ1) is 11.1. The highest BCUT2D eigenvalue weighted by molar-refractivity contribution is 9.13. The monoisotopic (exact) mass is 464 g/mol. The fraction of sp³-hybridized carbons (Fsp3) is 0. The Morgan fingerprint density at radius 2 is 1.26 bits per heavy atom. The summed E-state index contributed by atoms with van der Waals surface area (Å²) in [6.45, 7) is 0. The van der Waals surface area contributed by atoms with E-state index in [1.807, 2.05) is 23.9 Å². The van der Waals surface area contributed by atoms with E-state index in [-0.39, 0.29) is 16.3 Å². The highest BCUT2D eigenvalue weighted by atomic mass is 79.9. The van der Waals surface area contributed by atoms with Gasteiger partial charge < -0.3 is 0 Å². The summed E-state index contributed by atoms with van der Waals surface area (Å²) in [5, 5.41) is 0. The molecule has 0 atom stereocenters. The third-order valence-electron chi connectivity index (χ3n) is 3.57. The highest BCUT2D eigenvalue weighted by Gasteiger charge is 2.24. The number of Topliss-reactive ketones (excluding diaryl/α,β-unsaturated/α-hetero) is 1. The summed E-state index contributed by atoms with van der Waals surface area (Å²) >= 11 is 8.61. The van der Waals surface area contributed by atoms with Crippen molar-refractivity contribution in [3.8, 4) is 0 Å². The van der Waals surface area contributed by atoms with Gasteiger partial charge in [0.15, 0.2) is 0 Å². The summed E-state index contributed by atoms with van der Waals surface area (Å²) in [5.41, 5.74) is 0. The van der Waals surface area contributed by atoms with E-state index in [2.05, 4.69) is 80.4 Å². The molecule has 0 fully saturated rings. The van der Waals surface area contributed by atoms with Crippen LogP contribution in [-0.2, 0) is 4.79 Å². The molecule has 1 heterocycles. The first-order valence-electron chi connectivity index (χ1n) is 6.91. The van der Waals surface area contributed by atoms with Gasteiger partial charge in [0.1, 0.15) is 0 Å². The predicted molar refractivity (Wildman–Crippen MR) is 105 cm³/mol. The molecule has 0 N–H and O–H groups in total. The lowest BCUT2D eigenvalue weighted by molar-refractivity contribution is -0.110. The third-order valence-corrected chi connectivity index (χ3v) is 8.45. The molecule has 0 radical (unpaired) electrons. The van der Waals surface area contributed by atoms with Crippen molar-refractivity contribution in [3.05, 3.63) is 69.6 Å².